The SMILES string of the molecule is Nc1nc(NCCC(=O)N2CCCCC2)ccc1[N+](=O)[O-]. The summed E-state index contributed by atoms with van der Waals surface area (Å²) in [5, 5.41) is 13.6. The predicted molar refractivity (Wildman–Crippen MR) is 78.8 cm³/mol. The van der Waals surface area contributed by atoms with Gasteiger partial charge >= 0.3 is 5.69 Å². The number of piperidine rings is 1. The van der Waals surface area contributed by atoms with Crippen LogP contribution in [0.25, 0.3) is 0 Å². The minimum atomic E-state index is -0.577. The largest absolute Gasteiger partial charge is 0.378 e. The van der Waals surface area contributed by atoms with E-state index in [0.29, 0.717) is 18.8 Å². The smallest absolute Gasteiger partial charge is 0.311 e. The van der Waals surface area contributed by atoms with E-state index < -0.39 is 4.92 Å². The summed E-state index contributed by atoms with van der Waals surface area (Å²) in [5.41, 5.74) is 5.29. The van der Waals surface area contributed by atoms with Gasteiger partial charge in [0.25, 0.3) is 0 Å². The van der Waals surface area contributed by atoms with Crippen molar-refractivity contribution in [2.45, 2.75) is 25.7 Å². The number of aromatic nitrogens is 1. The van der Waals surface area contributed by atoms with E-state index >= 15 is 0 Å². The number of anilines is 2. The Morgan fingerprint density at radius 3 is 2.71 bits per heavy atom. The Labute approximate surface area is 122 Å². The summed E-state index contributed by atoms with van der Waals surface area (Å²) >= 11 is 0. The first kappa shape index (κ1) is 15.0. The van der Waals surface area contributed by atoms with Gasteiger partial charge in [-0.15, -0.1) is 0 Å². The van der Waals surface area contributed by atoms with Gasteiger partial charge in [0.05, 0.1) is 4.92 Å². The fraction of sp³-hybridized carbons (Fsp3) is 0.538. The summed E-state index contributed by atoms with van der Waals surface area (Å²) in [6, 6.07) is 2.79. The van der Waals surface area contributed by atoms with Crippen LogP contribution in [0.15, 0.2) is 12.1 Å². The number of likely N-dealkylation sites (tertiary alicyclic amines) is 1. The summed E-state index contributed by atoms with van der Waals surface area (Å²) in [5.74, 6) is 0.425. The molecule has 0 aromatic carbocycles. The highest BCUT2D eigenvalue weighted by atomic mass is 16.6. The third-order valence-electron chi connectivity index (χ3n) is 3.45. The molecular formula is C13H19N5O3. The molecule has 21 heavy (non-hydrogen) atoms. The molecule has 0 atom stereocenters. The van der Waals surface area contributed by atoms with Crippen LogP contribution >= 0.6 is 0 Å². The Hall–Kier alpha value is -2.38. The molecule has 2 heterocycles. The molecular weight excluding hydrogens is 274 g/mol. The van der Waals surface area contributed by atoms with Crippen molar-refractivity contribution in [3.63, 3.8) is 0 Å². The molecule has 0 bridgehead atoms. The molecule has 1 aliphatic heterocycles. The number of nitro groups is 1. The second-order valence-corrected chi connectivity index (χ2v) is 4.98. The number of nitrogens with one attached hydrogen (secondary N) is 1. The molecule has 0 radical (unpaired) electrons. The molecule has 8 nitrogen and oxygen atoms in total. The molecule has 3 N–H and O–H groups in total. The van der Waals surface area contributed by atoms with Gasteiger partial charge in [0.15, 0.2) is 0 Å². The van der Waals surface area contributed by atoms with E-state index in [-0.39, 0.29) is 17.4 Å². The summed E-state index contributed by atoms with van der Waals surface area (Å²) in [4.78, 5) is 27.8. The first-order valence-electron chi connectivity index (χ1n) is 7.00. The van der Waals surface area contributed by atoms with Crippen molar-refractivity contribution in [3.05, 3.63) is 22.2 Å². The van der Waals surface area contributed by atoms with Gasteiger partial charge in [-0.2, -0.15) is 0 Å². The van der Waals surface area contributed by atoms with Crippen LogP contribution in [0.2, 0.25) is 0 Å². The molecule has 1 fully saturated rings. The fourth-order valence-electron chi connectivity index (χ4n) is 2.32. The normalized spacial score (nSPS) is 14.8. The lowest BCUT2D eigenvalue weighted by Crippen LogP contribution is -2.36. The van der Waals surface area contributed by atoms with Crippen LogP contribution in [0.5, 0.6) is 0 Å². The average Bonchev–Trinajstić information content (AvgIpc) is 2.47. The lowest BCUT2D eigenvalue weighted by molar-refractivity contribution is -0.384. The van der Waals surface area contributed by atoms with E-state index in [1.54, 1.807) is 0 Å². The van der Waals surface area contributed by atoms with Crippen molar-refractivity contribution < 1.29 is 9.72 Å². The van der Waals surface area contributed by atoms with E-state index in [9.17, 15) is 14.9 Å². The number of amides is 1. The number of carbonyl (C=O) groups is 1. The number of pyridine rings is 1. The monoisotopic (exact) mass is 293 g/mol. The van der Waals surface area contributed by atoms with Gasteiger partial charge in [0.2, 0.25) is 11.7 Å². The number of nitrogens with zero attached hydrogens (tertiary/aromatic N) is 3. The molecule has 0 unspecified atom stereocenters. The second kappa shape index (κ2) is 6.87. The Kier molecular flexibility index (Phi) is 4.91. The zero-order valence-corrected chi connectivity index (χ0v) is 11.7. The number of carbonyl (C=O) groups excluding carboxylic acids is 1. The second-order valence-electron chi connectivity index (χ2n) is 4.98. The number of hydrogen-bond donors (Lipinski definition) is 2. The van der Waals surface area contributed by atoms with E-state index in [4.69, 9.17) is 5.73 Å². The molecule has 0 saturated carbocycles. The Balaban J connectivity index is 1.81. The van der Waals surface area contributed by atoms with Gasteiger partial charge in [-0.3, -0.25) is 14.9 Å². The van der Waals surface area contributed by atoms with Crippen molar-refractivity contribution in [1.29, 1.82) is 0 Å². The van der Waals surface area contributed by atoms with Crippen molar-refractivity contribution in [1.82, 2.24) is 9.88 Å². The third-order valence-corrected chi connectivity index (χ3v) is 3.45. The molecule has 2 rings (SSSR count). The maximum absolute atomic E-state index is 12.0. The molecule has 1 aromatic rings. The van der Waals surface area contributed by atoms with Gasteiger partial charge in [-0.25, -0.2) is 4.98 Å². The zero-order valence-electron chi connectivity index (χ0n) is 11.7. The van der Waals surface area contributed by atoms with Crippen LogP contribution in [0.3, 0.4) is 0 Å². The highest BCUT2D eigenvalue weighted by Crippen LogP contribution is 2.20. The van der Waals surface area contributed by atoms with Crippen molar-refractivity contribution in [2.75, 3.05) is 30.7 Å². The summed E-state index contributed by atoms with van der Waals surface area (Å²) in [7, 11) is 0. The molecule has 1 aliphatic rings. The van der Waals surface area contributed by atoms with Crippen molar-refractivity contribution in [2.24, 2.45) is 0 Å². The van der Waals surface area contributed by atoms with Crippen LogP contribution in [0.1, 0.15) is 25.7 Å². The quantitative estimate of drug-likeness (QED) is 0.626. The topological polar surface area (TPSA) is 114 Å². The predicted octanol–water partition coefficient (Wildman–Crippen LogP) is 1.39. The Morgan fingerprint density at radius 1 is 1.38 bits per heavy atom. The van der Waals surface area contributed by atoms with Crippen molar-refractivity contribution >= 4 is 23.2 Å². The minimum absolute atomic E-state index is 0.122. The number of nitrogens with two attached hydrogens (primary N) is 1. The van der Waals surface area contributed by atoms with Crippen LogP contribution in [-0.4, -0.2) is 40.3 Å². The molecule has 0 spiro atoms. The van der Waals surface area contributed by atoms with E-state index in [2.05, 4.69) is 10.3 Å². The highest BCUT2D eigenvalue weighted by molar-refractivity contribution is 5.76. The highest BCUT2D eigenvalue weighted by Gasteiger charge is 2.16. The van der Waals surface area contributed by atoms with Crippen LogP contribution in [0, 0.1) is 10.1 Å². The standard InChI is InChI=1S/C13H19N5O3/c14-13-10(18(20)21)4-5-11(16-13)15-7-6-12(19)17-8-2-1-3-9-17/h4-5H,1-3,6-9H2,(H3,14,15,16). The van der Waals surface area contributed by atoms with Crippen molar-refractivity contribution in [3.8, 4) is 0 Å². The lowest BCUT2D eigenvalue weighted by Gasteiger charge is -2.26. The van der Waals surface area contributed by atoms with Gasteiger partial charge in [-0.05, 0) is 25.3 Å². The Bertz CT molecular complexity index is 529. The number of hydrogen-bond acceptors (Lipinski definition) is 6. The molecule has 1 amide bonds. The lowest BCUT2D eigenvalue weighted by atomic mass is 10.1. The maximum atomic E-state index is 12.0. The Morgan fingerprint density at radius 2 is 2.10 bits per heavy atom. The summed E-state index contributed by atoms with van der Waals surface area (Å²) < 4.78 is 0. The van der Waals surface area contributed by atoms with E-state index in [1.807, 2.05) is 4.90 Å². The van der Waals surface area contributed by atoms with Gasteiger partial charge in [-0.1, -0.05) is 0 Å². The third kappa shape index (κ3) is 4.04. The maximum Gasteiger partial charge on any atom is 0.311 e. The van der Waals surface area contributed by atoms with E-state index in [1.165, 1.54) is 18.6 Å². The van der Waals surface area contributed by atoms with Crippen LogP contribution in [0.4, 0.5) is 17.3 Å². The van der Waals surface area contributed by atoms with Gasteiger partial charge in [0, 0.05) is 32.1 Å². The zero-order chi connectivity index (χ0) is 15.2. The van der Waals surface area contributed by atoms with Gasteiger partial charge < -0.3 is 16.0 Å². The van der Waals surface area contributed by atoms with Crippen LogP contribution < -0.4 is 11.1 Å². The molecule has 1 saturated heterocycles. The van der Waals surface area contributed by atoms with Crippen LogP contribution in [-0.2, 0) is 4.79 Å². The molecule has 1 aromatic heterocycles. The molecule has 8 heteroatoms. The number of rotatable bonds is 5. The number of nitrogen functional groups attached to an aromatic ring is 1. The average molecular weight is 293 g/mol. The first-order valence-corrected chi connectivity index (χ1v) is 7.00. The minimum Gasteiger partial charge on any atom is -0.378 e. The summed E-state index contributed by atoms with van der Waals surface area (Å²) in [6.07, 6.45) is 3.70. The molecule has 114 valence electrons. The van der Waals surface area contributed by atoms with Gasteiger partial charge in [0.1, 0.15) is 5.82 Å². The summed E-state index contributed by atoms with van der Waals surface area (Å²) in [6.45, 7) is 2.10. The fourth-order valence-corrected chi connectivity index (χ4v) is 2.32. The molecule has 0 aliphatic carbocycles. The van der Waals surface area contributed by atoms with E-state index in [0.717, 1.165) is 25.9 Å². The first-order chi connectivity index (χ1) is 10.1.